The fourth-order valence-corrected chi connectivity index (χ4v) is 3.34. The molecule has 136 valence electrons. The molecule has 0 radical (unpaired) electrons. The quantitative estimate of drug-likeness (QED) is 0.600. The second-order valence-electron chi connectivity index (χ2n) is 7.71. The summed E-state index contributed by atoms with van der Waals surface area (Å²) < 4.78 is 11.7. The number of unbranched alkanes of at least 4 members (excludes halogenated alkanes) is 1. The molecule has 0 atom stereocenters. The second-order valence-corrected chi connectivity index (χ2v) is 10.1. The Kier molecular flexibility index (Phi) is 8.17. The summed E-state index contributed by atoms with van der Waals surface area (Å²) in [5.74, 6) is 1.12. The van der Waals surface area contributed by atoms with Crippen molar-refractivity contribution >= 4 is 14.8 Å². The minimum Gasteiger partial charge on any atom is -0.496 e. The maximum absolute atomic E-state index is 12.2. The zero-order valence-corrected chi connectivity index (χ0v) is 17.6. The van der Waals surface area contributed by atoms with Crippen molar-refractivity contribution in [2.24, 2.45) is 0 Å². The number of rotatable bonds is 9. The molecule has 1 aromatic rings. The molecule has 0 aliphatic heterocycles. The highest BCUT2D eigenvalue weighted by molar-refractivity contribution is 6.48. The molecule has 0 bridgehead atoms. The normalized spacial score (nSPS) is 11.8. The van der Waals surface area contributed by atoms with E-state index in [1.54, 1.807) is 7.11 Å². The number of hydrogen-bond donors (Lipinski definition) is 0. The molecule has 0 amide bonds. The topological polar surface area (TPSA) is 35.5 Å². The molecule has 0 saturated heterocycles. The first-order valence-corrected chi connectivity index (χ1v) is 11.8. The fourth-order valence-electron chi connectivity index (χ4n) is 2.84. The molecule has 4 heteroatoms. The van der Waals surface area contributed by atoms with E-state index in [0.29, 0.717) is 19.4 Å². The molecule has 0 spiro atoms. The van der Waals surface area contributed by atoms with Gasteiger partial charge in [-0.25, -0.2) is 0 Å². The minimum atomic E-state index is -1.13. The molecule has 0 N–H and O–H groups in total. The summed E-state index contributed by atoms with van der Waals surface area (Å²) in [4.78, 5) is 12.2. The number of Topliss-reactive ketones (excluding diaryl/α,β-unsaturated/α-hetero) is 1. The third-order valence-corrected chi connectivity index (χ3v) is 4.95. The van der Waals surface area contributed by atoms with Crippen molar-refractivity contribution in [1.29, 1.82) is 0 Å². The van der Waals surface area contributed by atoms with Crippen molar-refractivity contribution in [2.45, 2.75) is 78.5 Å². The van der Waals surface area contributed by atoms with Crippen molar-refractivity contribution in [3.05, 3.63) is 28.8 Å². The van der Waals surface area contributed by atoms with Crippen LogP contribution in [0.25, 0.3) is 0 Å². The Labute approximate surface area is 149 Å². The predicted octanol–water partition coefficient (Wildman–Crippen LogP) is 4.79. The van der Waals surface area contributed by atoms with Gasteiger partial charge >= 0.3 is 0 Å². The van der Waals surface area contributed by atoms with Crippen LogP contribution in [0.4, 0.5) is 0 Å². The number of carbonyl (C=O) groups is 1. The van der Waals surface area contributed by atoms with Crippen LogP contribution in [0.1, 0.15) is 63.6 Å². The van der Waals surface area contributed by atoms with Gasteiger partial charge in [-0.1, -0.05) is 46.2 Å². The van der Waals surface area contributed by atoms with E-state index in [1.807, 2.05) is 0 Å². The largest absolute Gasteiger partial charge is 0.496 e. The van der Waals surface area contributed by atoms with Gasteiger partial charge in [-0.3, -0.25) is 4.79 Å². The lowest BCUT2D eigenvalue weighted by Gasteiger charge is -2.26. The van der Waals surface area contributed by atoms with Crippen molar-refractivity contribution in [1.82, 2.24) is 0 Å². The lowest BCUT2D eigenvalue weighted by molar-refractivity contribution is -0.118. The predicted molar refractivity (Wildman–Crippen MR) is 104 cm³/mol. The third-order valence-electron chi connectivity index (χ3n) is 4.11. The highest BCUT2D eigenvalue weighted by Crippen LogP contribution is 2.35. The molecule has 0 fully saturated rings. The Morgan fingerprint density at radius 3 is 2.38 bits per heavy atom. The molecule has 24 heavy (non-hydrogen) atoms. The SMILES string of the molecule is CCCCC(=O)Cc1ccc(C(C)(C)C)c(CO[SiH](C)C)c1OC. The van der Waals surface area contributed by atoms with Crippen molar-refractivity contribution < 1.29 is 14.0 Å². The van der Waals surface area contributed by atoms with Gasteiger partial charge in [0.15, 0.2) is 9.04 Å². The summed E-state index contributed by atoms with van der Waals surface area (Å²) in [6.07, 6.45) is 3.09. The zero-order chi connectivity index (χ0) is 18.3. The molecule has 0 saturated carbocycles. The van der Waals surface area contributed by atoms with Gasteiger partial charge in [0.05, 0.1) is 13.7 Å². The molecule has 0 aromatic heterocycles. The third kappa shape index (κ3) is 6.06. The number of ether oxygens (including phenoxy) is 1. The number of hydrogen-bond acceptors (Lipinski definition) is 3. The van der Waals surface area contributed by atoms with E-state index in [2.05, 4.69) is 52.9 Å². The average Bonchev–Trinajstić information content (AvgIpc) is 2.49. The van der Waals surface area contributed by atoms with E-state index in [0.717, 1.165) is 29.7 Å². The van der Waals surface area contributed by atoms with Crippen LogP contribution in [0.15, 0.2) is 12.1 Å². The number of methoxy groups -OCH3 is 1. The van der Waals surface area contributed by atoms with Crippen LogP contribution in [0, 0.1) is 0 Å². The van der Waals surface area contributed by atoms with E-state index in [9.17, 15) is 4.79 Å². The van der Waals surface area contributed by atoms with Crippen molar-refractivity contribution in [3.8, 4) is 5.75 Å². The highest BCUT2D eigenvalue weighted by Gasteiger charge is 2.23. The van der Waals surface area contributed by atoms with Gasteiger partial charge in [0.25, 0.3) is 0 Å². The minimum absolute atomic E-state index is 0.00918. The molecule has 0 aliphatic carbocycles. The summed E-state index contributed by atoms with van der Waals surface area (Å²) in [6.45, 7) is 13.6. The van der Waals surface area contributed by atoms with E-state index < -0.39 is 9.04 Å². The van der Waals surface area contributed by atoms with E-state index in [4.69, 9.17) is 9.16 Å². The van der Waals surface area contributed by atoms with Crippen LogP contribution in [-0.2, 0) is 27.7 Å². The first-order chi connectivity index (χ1) is 11.2. The van der Waals surface area contributed by atoms with Gasteiger partial charge in [0, 0.05) is 24.0 Å². The van der Waals surface area contributed by atoms with Gasteiger partial charge in [0.1, 0.15) is 11.5 Å². The molecule has 3 nitrogen and oxygen atoms in total. The first kappa shape index (κ1) is 20.9. The Morgan fingerprint density at radius 1 is 1.21 bits per heavy atom. The van der Waals surface area contributed by atoms with Crippen LogP contribution < -0.4 is 4.74 Å². The maximum Gasteiger partial charge on any atom is 0.171 e. The summed E-state index contributed by atoms with van der Waals surface area (Å²) in [6, 6.07) is 4.20. The maximum atomic E-state index is 12.2. The molecule has 0 heterocycles. The molecule has 1 rings (SSSR count). The monoisotopic (exact) mass is 350 g/mol. The number of benzene rings is 1. The lowest BCUT2D eigenvalue weighted by Crippen LogP contribution is -2.18. The van der Waals surface area contributed by atoms with E-state index in [-0.39, 0.29) is 11.2 Å². The van der Waals surface area contributed by atoms with Crippen molar-refractivity contribution in [3.63, 3.8) is 0 Å². The van der Waals surface area contributed by atoms with Crippen LogP contribution in [-0.4, -0.2) is 21.9 Å². The second kappa shape index (κ2) is 9.38. The zero-order valence-electron chi connectivity index (χ0n) is 16.5. The Morgan fingerprint density at radius 2 is 1.88 bits per heavy atom. The Hall–Kier alpha value is -1.13. The van der Waals surface area contributed by atoms with E-state index in [1.165, 1.54) is 5.56 Å². The summed E-state index contributed by atoms with van der Waals surface area (Å²) in [5, 5.41) is 0. The highest BCUT2D eigenvalue weighted by atomic mass is 28.3. The Bertz CT molecular complexity index is 545. The van der Waals surface area contributed by atoms with Gasteiger partial charge < -0.3 is 9.16 Å². The summed E-state index contributed by atoms with van der Waals surface area (Å²) >= 11 is 0. The van der Waals surface area contributed by atoms with E-state index >= 15 is 0 Å². The average molecular weight is 351 g/mol. The first-order valence-electron chi connectivity index (χ1n) is 9.03. The summed E-state index contributed by atoms with van der Waals surface area (Å²) in [7, 11) is 0.564. The molecule has 0 aliphatic rings. The van der Waals surface area contributed by atoms with Crippen LogP contribution in [0.3, 0.4) is 0 Å². The van der Waals surface area contributed by atoms with Gasteiger partial charge in [-0.2, -0.15) is 0 Å². The molecule has 1 aromatic carbocycles. The Balaban J connectivity index is 3.22. The standard InChI is InChI=1S/C20H34O3Si/c1-8-9-10-16(21)13-15-11-12-18(20(2,3)4)17(19(15)22-5)14-23-24(6)7/h11-12,24H,8-10,13-14H2,1-7H3. The van der Waals surface area contributed by atoms with Gasteiger partial charge in [-0.05, 0) is 30.5 Å². The molecular formula is C20H34O3Si. The fraction of sp³-hybridized carbons (Fsp3) is 0.650. The van der Waals surface area contributed by atoms with Gasteiger partial charge in [-0.15, -0.1) is 0 Å². The lowest BCUT2D eigenvalue weighted by atomic mass is 9.82. The number of ketones is 1. The molecular weight excluding hydrogens is 316 g/mol. The van der Waals surface area contributed by atoms with Crippen LogP contribution in [0.2, 0.25) is 13.1 Å². The van der Waals surface area contributed by atoms with Gasteiger partial charge in [0.2, 0.25) is 0 Å². The summed E-state index contributed by atoms with van der Waals surface area (Å²) in [5.41, 5.74) is 3.33. The van der Waals surface area contributed by atoms with Crippen LogP contribution >= 0.6 is 0 Å². The van der Waals surface area contributed by atoms with Crippen LogP contribution in [0.5, 0.6) is 5.75 Å². The number of carbonyl (C=O) groups excluding carboxylic acids is 1. The smallest absolute Gasteiger partial charge is 0.171 e. The van der Waals surface area contributed by atoms with Crippen molar-refractivity contribution in [2.75, 3.05) is 7.11 Å². The molecule has 0 unspecified atom stereocenters.